The molecule has 1 aliphatic rings. The number of nitrogens with zero attached hydrogens (tertiary/aromatic N) is 3. The third-order valence-corrected chi connectivity index (χ3v) is 9.35. The zero-order valence-electron chi connectivity index (χ0n) is 22.5. The monoisotopic (exact) mass is 615 g/mol. The Balaban J connectivity index is 1.85. The Kier molecular flexibility index (Phi) is 9.87. The second-order valence-electron chi connectivity index (χ2n) is 9.24. The summed E-state index contributed by atoms with van der Waals surface area (Å²) < 4.78 is 73.4. The van der Waals surface area contributed by atoms with E-state index in [4.69, 9.17) is 0 Å². The number of methoxy groups -OCH3 is 1. The Labute approximate surface area is 239 Å². The van der Waals surface area contributed by atoms with Gasteiger partial charge in [-0.3, -0.25) is 14.4 Å². The number of esters is 1. The van der Waals surface area contributed by atoms with E-state index in [9.17, 15) is 40.8 Å². The maximum Gasteiger partial charge on any atom is 0.417 e. The molecule has 1 fully saturated rings. The van der Waals surface area contributed by atoms with Crippen LogP contribution in [0.2, 0.25) is 0 Å². The van der Waals surface area contributed by atoms with Crippen LogP contribution in [-0.2, 0) is 35.3 Å². The summed E-state index contributed by atoms with van der Waals surface area (Å²) >= 11 is 0.794. The second-order valence-corrected chi connectivity index (χ2v) is 12.6. The van der Waals surface area contributed by atoms with Gasteiger partial charge in [0, 0.05) is 38.5 Å². The van der Waals surface area contributed by atoms with Gasteiger partial charge >= 0.3 is 12.1 Å². The molecule has 2 amide bonds. The zero-order valence-corrected chi connectivity index (χ0v) is 24.2. The normalized spacial score (nSPS) is 17.6. The molecule has 0 radical (unpaired) electrons. The van der Waals surface area contributed by atoms with Crippen molar-refractivity contribution in [3.63, 3.8) is 0 Å². The summed E-state index contributed by atoms with van der Waals surface area (Å²) in [5.41, 5.74) is -0.718. The standard InChI is InChI=1S/C26H28F3N3O7S2/c1-16(33)40-19-13-21(32(14-19)41(37,38)22-8-6-5-7-20(22)26(27,28)29)24(35)30(2)15-23(34)31(3)18-11-9-17(10-12-18)25(36)39-4/h5-12,19,21H,13-15H2,1-4H3. The number of carbonyl (C=O) groups is 4. The number of hydrogen-bond donors (Lipinski definition) is 0. The van der Waals surface area contributed by atoms with Crippen molar-refractivity contribution in [2.75, 3.05) is 39.2 Å². The molecule has 0 bridgehead atoms. The van der Waals surface area contributed by atoms with E-state index in [1.54, 1.807) is 0 Å². The SMILES string of the molecule is COC(=O)c1ccc(N(C)C(=O)CN(C)C(=O)C2CC(SC(C)=O)CN2S(=O)(=O)c2ccccc2C(F)(F)F)cc1. The minimum absolute atomic E-state index is 0.139. The molecule has 10 nitrogen and oxygen atoms in total. The van der Waals surface area contributed by atoms with Crippen molar-refractivity contribution in [1.82, 2.24) is 9.21 Å². The van der Waals surface area contributed by atoms with Gasteiger partial charge < -0.3 is 14.5 Å². The number of anilines is 1. The Morgan fingerprint density at radius 2 is 1.66 bits per heavy atom. The number of carbonyl (C=O) groups excluding carboxylic acids is 4. The summed E-state index contributed by atoms with van der Waals surface area (Å²) in [7, 11) is -0.904. The van der Waals surface area contributed by atoms with Gasteiger partial charge in [-0.1, -0.05) is 23.9 Å². The molecule has 0 spiro atoms. The third kappa shape index (κ3) is 7.26. The highest BCUT2D eigenvalue weighted by Gasteiger charge is 2.48. The fourth-order valence-corrected chi connectivity index (χ4v) is 7.28. The van der Waals surface area contributed by atoms with E-state index in [-0.39, 0.29) is 23.6 Å². The van der Waals surface area contributed by atoms with Crippen LogP contribution in [0, 0.1) is 0 Å². The van der Waals surface area contributed by atoms with Crippen LogP contribution >= 0.6 is 11.8 Å². The lowest BCUT2D eigenvalue weighted by Gasteiger charge is -2.29. The molecule has 0 aliphatic carbocycles. The van der Waals surface area contributed by atoms with E-state index >= 15 is 0 Å². The quantitative estimate of drug-likeness (QED) is 0.416. The minimum Gasteiger partial charge on any atom is -0.465 e. The van der Waals surface area contributed by atoms with Gasteiger partial charge in [-0.25, -0.2) is 13.2 Å². The molecule has 15 heteroatoms. The maximum atomic E-state index is 13.7. The predicted molar refractivity (Wildman–Crippen MR) is 145 cm³/mol. The van der Waals surface area contributed by atoms with E-state index in [2.05, 4.69) is 4.74 Å². The van der Waals surface area contributed by atoms with Gasteiger partial charge in [0.25, 0.3) is 0 Å². The second kappa shape index (κ2) is 12.6. The van der Waals surface area contributed by atoms with Gasteiger partial charge in [-0.15, -0.1) is 0 Å². The highest BCUT2D eigenvalue weighted by atomic mass is 32.2. The molecule has 2 aromatic rings. The van der Waals surface area contributed by atoms with Gasteiger partial charge in [-0.2, -0.15) is 17.5 Å². The molecular formula is C26H28F3N3O7S2. The number of amides is 2. The Morgan fingerprint density at radius 1 is 1.05 bits per heavy atom. The summed E-state index contributed by atoms with van der Waals surface area (Å²) in [5, 5.41) is -1.03. The van der Waals surface area contributed by atoms with E-state index in [1.807, 2.05) is 0 Å². The summed E-state index contributed by atoms with van der Waals surface area (Å²) in [4.78, 5) is 51.0. The molecule has 0 aromatic heterocycles. The molecule has 1 heterocycles. The molecule has 2 unspecified atom stereocenters. The molecule has 41 heavy (non-hydrogen) atoms. The average molecular weight is 616 g/mol. The molecule has 2 atom stereocenters. The Bertz CT molecular complexity index is 1430. The van der Waals surface area contributed by atoms with E-state index < -0.39 is 62.3 Å². The van der Waals surface area contributed by atoms with Crippen molar-refractivity contribution in [1.29, 1.82) is 0 Å². The van der Waals surface area contributed by atoms with Crippen molar-refractivity contribution in [2.45, 2.75) is 35.7 Å². The van der Waals surface area contributed by atoms with Crippen LogP contribution in [0.15, 0.2) is 53.4 Å². The number of alkyl halides is 3. The van der Waals surface area contributed by atoms with Crippen LogP contribution in [0.4, 0.5) is 18.9 Å². The number of thioether (sulfide) groups is 1. The van der Waals surface area contributed by atoms with Gasteiger partial charge in [0.15, 0.2) is 5.12 Å². The highest BCUT2D eigenvalue weighted by Crippen LogP contribution is 2.39. The van der Waals surface area contributed by atoms with Gasteiger partial charge in [-0.05, 0) is 42.8 Å². The predicted octanol–water partition coefficient (Wildman–Crippen LogP) is 3.02. The van der Waals surface area contributed by atoms with Crippen LogP contribution in [-0.4, -0.2) is 86.1 Å². The first-order valence-electron chi connectivity index (χ1n) is 12.1. The fraction of sp³-hybridized carbons (Fsp3) is 0.385. The lowest BCUT2D eigenvalue weighted by atomic mass is 10.2. The molecule has 222 valence electrons. The van der Waals surface area contributed by atoms with Crippen LogP contribution in [0.25, 0.3) is 0 Å². The third-order valence-electron chi connectivity index (χ3n) is 6.41. The number of rotatable bonds is 8. The molecule has 0 N–H and O–H groups in total. The van der Waals surface area contributed by atoms with Crippen molar-refractivity contribution >= 4 is 50.4 Å². The summed E-state index contributed by atoms with van der Waals surface area (Å²) in [6.07, 6.45) is -5.11. The maximum absolute atomic E-state index is 13.7. The fourth-order valence-electron chi connectivity index (χ4n) is 4.36. The first kappa shape index (κ1) is 32.1. The molecule has 0 saturated carbocycles. The molecule has 2 aromatic carbocycles. The van der Waals surface area contributed by atoms with Gasteiger partial charge in [0.2, 0.25) is 21.8 Å². The largest absolute Gasteiger partial charge is 0.465 e. The topological polar surface area (TPSA) is 121 Å². The van der Waals surface area contributed by atoms with E-state index in [0.29, 0.717) is 16.1 Å². The van der Waals surface area contributed by atoms with Crippen LogP contribution < -0.4 is 4.90 Å². The molecular weight excluding hydrogens is 587 g/mol. The lowest BCUT2D eigenvalue weighted by molar-refractivity contribution is -0.140. The highest BCUT2D eigenvalue weighted by molar-refractivity contribution is 8.14. The van der Waals surface area contributed by atoms with Gasteiger partial charge in [0.1, 0.15) is 6.04 Å². The molecule has 3 rings (SSSR count). The van der Waals surface area contributed by atoms with Gasteiger partial charge in [0.05, 0.1) is 29.7 Å². The first-order valence-corrected chi connectivity index (χ1v) is 14.4. The molecule has 1 aliphatic heterocycles. The minimum atomic E-state index is -4.97. The Morgan fingerprint density at radius 3 is 2.22 bits per heavy atom. The van der Waals surface area contributed by atoms with E-state index in [0.717, 1.165) is 34.9 Å². The Hall–Kier alpha value is -3.43. The van der Waals surface area contributed by atoms with Crippen LogP contribution in [0.1, 0.15) is 29.3 Å². The average Bonchev–Trinajstić information content (AvgIpc) is 3.35. The number of hydrogen-bond acceptors (Lipinski definition) is 8. The van der Waals surface area contributed by atoms with Crippen LogP contribution in [0.3, 0.4) is 0 Å². The lowest BCUT2D eigenvalue weighted by Crippen LogP contribution is -2.49. The summed E-state index contributed by atoms with van der Waals surface area (Å²) in [5.74, 6) is -1.94. The van der Waals surface area contributed by atoms with Crippen molar-refractivity contribution in [3.05, 3.63) is 59.7 Å². The van der Waals surface area contributed by atoms with E-state index in [1.165, 1.54) is 57.3 Å². The number of ether oxygens (including phenoxy) is 1. The number of benzene rings is 2. The zero-order chi connectivity index (χ0) is 30.7. The number of likely N-dealkylation sites (N-methyl/N-ethyl adjacent to an activating group) is 2. The first-order chi connectivity index (χ1) is 19.1. The van der Waals surface area contributed by atoms with Crippen molar-refractivity contribution in [2.24, 2.45) is 0 Å². The number of halogens is 3. The summed E-state index contributed by atoms with van der Waals surface area (Å²) in [6.45, 7) is 0.404. The smallest absolute Gasteiger partial charge is 0.417 e. The molecule has 1 saturated heterocycles. The van der Waals surface area contributed by atoms with Crippen molar-refractivity contribution < 1.29 is 45.5 Å². The van der Waals surface area contributed by atoms with Crippen LogP contribution in [0.5, 0.6) is 0 Å². The number of sulfonamides is 1. The van der Waals surface area contributed by atoms with Crippen molar-refractivity contribution in [3.8, 4) is 0 Å². The summed E-state index contributed by atoms with van der Waals surface area (Å²) in [6, 6.07) is 8.12.